The molecule has 0 aliphatic carbocycles. The average Bonchev–Trinajstić information content (AvgIpc) is 2.28. The van der Waals surface area contributed by atoms with Crippen LogP contribution in [-0.4, -0.2) is 23.5 Å². The van der Waals surface area contributed by atoms with E-state index in [0.717, 1.165) is 12.8 Å². The van der Waals surface area contributed by atoms with Crippen LogP contribution in [0.4, 0.5) is 5.69 Å². The highest BCUT2D eigenvalue weighted by Gasteiger charge is 2.12. The van der Waals surface area contributed by atoms with E-state index in [9.17, 15) is 9.59 Å². The van der Waals surface area contributed by atoms with Crippen LogP contribution in [0.3, 0.4) is 0 Å². The first-order valence-corrected chi connectivity index (χ1v) is 5.47. The standard InChI is InChI=1S/C12H16N2O3/c1-2-3-6-14-10-7-8(11(13)15)4-5-9(10)12(16)17/h4-5,7,14H,2-3,6H2,1H3,(H2,13,15)(H,16,17). The van der Waals surface area contributed by atoms with Crippen molar-refractivity contribution in [2.24, 2.45) is 5.73 Å². The Morgan fingerprint density at radius 3 is 2.65 bits per heavy atom. The molecule has 1 amide bonds. The molecule has 0 aliphatic rings. The normalized spacial score (nSPS) is 9.94. The summed E-state index contributed by atoms with van der Waals surface area (Å²) in [6.45, 7) is 2.71. The number of nitrogens with one attached hydrogen (secondary N) is 1. The largest absolute Gasteiger partial charge is 0.478 e. The molecule has 92 valence electrons. The molecule has 0 heterocycles. The number of carboxylic acid groups (broad SMARTS) is 1. The van der Waals surface area contributed by atoms with Crippen molar-refractivity contribution in [2.75, 3.05) is 11.9 Å². The van der Waals surface area contributed by atoms with Crippen LogP contribution in [0.25, 0.3) is 0 Å². The topological polar surface area (TPSA) is 92.4 Å². The molecule has 1 aromatic rings. The fraction of sp³-hybridized carbons (Fsp3) is 0.333. The highest BCUT2D eigenvalue weighted by atomic mass is 16.4. The molecule has 0 fully saturated rings. The van der Waals surface area contributed by atoms with Gasteiger partial charge < -0.3 is 16.2 Å². The molecular formula is C12H16N2O3. The van der Waals surface area contributed by atoms with Crippen LogP contribution < -0.4 is 11.1 Å². The molecule has 0 saturated carbocycles. The van der Waals surface area contributed by atoms with Crippen LogP contribution >= 0.6 is 0 Å². The number of hydrogen-bond donors (Lipinski definition) is 3. The van der Waals surface area contributed by atoms with E-state index < -0.39 is 11.9 Å². The number of aromatic carboxylic acids is 1. The maximum atomic E-state index is 11.0. The monoisotopic (exact) mass is 236 g/mol. The summed E-state index contributed by atoms with van der Waals surface area (Å²) in [5.74, 6) is -1.60. The van der Waals surface area contributed by atoms with Gasteiger partial charge in [-0.05, 0) is 24.6 Å². The fourth-order valence-electron chi connectivity index (χ4n) is 1.43. The SMILES string of the molecule is CCCCNc1cc(C(N)=O)ccc1C(=O)O. The first-order chi connectivity index (χ1) is 8.06. The second-order valence-corrected chi connectivity index (χ2v) is 3.71. The Morgan fingerprint density at radius 2 is 2.12 bits per heavy atom. The van der Waals surface area contributed by atoms with Crippen LogP contribution in [0.15, 0.2) is 18.2 Å². The number of amides is 1. The molecule has 0 saturated heterocycles. The lowest BCUT2D eigenvalue weighted by Crippen LogP contribution is -2.14. The molecule has 1 aromatic carbocycles. The minimum Gasteiger partial charge on any atom is -0.478 e. The molecule has 5 nitrogen and oxygen atoms in total. The van der Waals surface area contributed by atoms with Crippen LogP contribution in [0, 0.1) is 0 Å². The van der Waals surface area contributed by atoms with Gasteiger partial charge in [-0.3, -0.25) is 4.79 Å². The average molecular weight is 236 g/mol. The first-order valence-electron chi connectivity index (χ1n) is 5.47. The van der Waals surface area contributed by atoms with Gasteiger partial charge in [0.2, 0.25) is 5.91 Å². The minimum absolute atomic E-state index is 0.145. The van der Waals surface area contributed by atoms with Gasteiger partial charge in [-0.15, -0.1) is 0 Å². The number of hydrogen-bond acceptors (Lipinski definition) is 3. The van der Waals surface area contributed by atoms with Crippen molar-refractivity contribution >= 4 is 17.6 Å². The van der Waals surface area contributed by atoms with Crippen LogP contribution in [-0.2, 0) is 0 Å². The summed E-state index contributed by atoms with van der Waals surface area (Å²) in [5, 5.41) is 12.0. The summed E-state index contributed by atoms with van der Waals surface area (Å²) < 4.78 is 0. The van der Waals surface area contributed by atoms with E-state index in [0.29, 0.717) is 17.8 Å². The number of rotatable bonds is 6. The van der Waals surface area contributed by atoms with E-state index in [-0.39, 0.29) is 5.56 Å². The van der Waals surface area contributed by atoms with Crippen molar-refractivity contribution in [2.45, 2.75) is 19.8 Å². The van der Waals surface area contributed by atoms with Crippen molar-refractivity contribution in [3.05, 3.63) is 29.3 Å². The molecule has 17 heavy (non-hydrogen) atoms. The molecule has 1 rings (SSSR count). The highest BCUT2D eigenvalue weighted by molar-refractivity contribution is 5.99. The van der Waals surface area contributed by atoms with Crippen molar-refractivity contribution in [1.29, 1.82) is 0 Å². The van der Waals surface area contributed by atoms with Gasteiger partial charge >= 0.3 is 5.97 Å². The predicted molar refractivity (Wildman–Crippen MR) is 65.3 cm³/mol. The summed E-state index contributed by atoms with van der Waals surface area (Å²) >= 11 is 0. The maximum Gasteiger partial charge on any atom is 0.337 e. The summed E-state index contributed by atoms with van der Waals surface area (Å²) in [4.78, 5) is 22.0. The Morgan fingerprint density at radius 1 is 1.41 bits per heavy atom. The van der Waals surface area contributed by atoms with E-state index in [1.807, 2.05) is 6.92 Å². The quantitative estimate of drug-likeness (QED) is 0.655. The van der Waals surface area contributed by atoms with Crippen LogP contribution in [0.1, 0.15) is 40.5 Å². The van der Waals surface area contributed by atoms with Crippen molar-refractivity contribution in [3.8, 4) is 0 Å². The molecular weight excluding hydrogens is 220 g/mol. The number of primary amides is 1. The van der Waals surface area contributed by atoms with Gasteiger partial charge in [0.05, 0.1) is 5.56 Å². The zero-order valence-electron chi connectivity index (χ0n) is 9.69. The third-order valence-corrected chi connectivity index (χ3v) is 2.38. The Bertz CT molecular complexity index is 430. The highest BCUT2D eigenvalue weighted by Crippen LogP contribution is 2.18. The maximum absolute atomic E-state index is 11.0. The van der Waals surface area contributed by atoms with E-state index in [4.69, 9.17) is 10.8 Å². The van der Waals surface area contributed by atoms with Crippen LogP contribution in [0.5, 0.6) is 0 Å². The lowest BCUT2D eigenvalue weighted by Gasteiger charge is -2.10. The third-order valence-electron chi connectivity index (χ3n) is 2.38. The second kappa shape index (κ2) is 5.89. The number of carbonyl (C=O) groups excluding carboxylic acids is 1. The van der Waals surface area contributed by atoms with Crippen molar-refractivity contribution in [3.63, 3.8) is 0 Å². The van der Waals surface area contributed by atoms with Gasteiger partial charge in [-0.1, -0.05) is 13.3 Å². The number of carbonyl (C=O) groups is 2. The fourth-order valence-corrected chi connectivity index (χ4v) is 1.43. The Hall–Kier alpha value is -2.04. The summed E-state index contributed by atoms with van der Waals surface area (Å²) in [7, 11) is 0. The van der Waals surface area contributed by atoms with Gasteiger partial charge in [-0.25, -0.2) is 4.79 Å². The molecule has 5 heteroatoms. The smallest absolute Gasteiger partial charge is 0.337 e. The van der Waals surface area contributed by atoms with Crippen molar-refractivity contribution < 1.29 is 14.7 Å². The Kier molecular flexibility index (Phi) is 4.51. The minimum atomic E-state index is -1.03. The Balaban J connectivity index is 2.98. The van der Waals surface area contributed by atoms with Gasteiger partial charge in [-0.2, -0.15) is 0 Å². The molecule has 0 bridgehead atoms. The molecule has 0 atom stereocenters. The number of unbranched alkanes of at least 4 members (excludes halogenated alkanes) is 1. The third kappa shape index (κ3) is 3.48. The number of anilines is 1. The van der Waals surface area contributed by atoms with Gasteiger partial charge in [0.25, 0.3) is 0 Å². The van der Waals surface area contributed by atoms with Crippen molar-refractivity contribution in [1.82, 2.24) is 0 Å². The van der Waals surface area contributed by atoms with Gasteiger partial charge in [0, 0.05) is 17.8 Å². The van der Waals surface area contributed by atoms with Gasteiger partial charge in [0.15, 0.2) is 0 Å². The van der Waals surface area contributed by atoms with E-state index in [1.165, 1.54) is 18.2 Å². The molecule has 0 aromatic heterocycles. The molecule has 4 N–H and O–H groups in total. The van der Waals surface area contributed by atoms with E-state index in [1.54, 1.807) is 0 Å². The lowest BCUT2D eigenvalue weighted by molar-refractivity contribution is 0.0697. The number of carboxylic acids is 1. The molecule has 0 aliphatic heterocycles. The first kappa shape index (κ1) is 13.0. The lowest BCUT2D eigenvalue weighted by atomic mass is 10.1. The number of benzene rings is 1. The summed E-state index contributed by atoms with van der Waals surface area (Å²) in [6.07, 6.45) is 1.94. The summed E-state index contributed by atoms with van der Waals surface area (Å²) in [5.41, 5.74) is 6.03. The second-order valence-electron chi connectivity index (χ2n) is 3.71. The van der Waals surface area contributed by atoms with E-state index >= 15 is 0 Å². The molecule has 0 spiro atoms. The van der Waals surface area contributed by atoms with Gasteiger partial charge in [0.1, 0.15) is 0 Å². The molecule has 0 unspecified atom stereocenters. The predicted octanol–water partition coefficient (Wildman–Crippen LogP) is 1.70. The molecule has 0 radical (unpaired) electrons. The van der Waals surface area contributed by atoms with Crippen LogP contribution in [0.2, 0.25) is 0 Å². The number of nitrogens with two attached hydrogens (primary N) is 1. The zero-order valence-corrected chi connectivity index (χ0v) is 9.69. The Labute approximate surface area is 99.6 Å². The van der Waals surface area contributed by atoms with E-state index in [2.05, 4.69) is 5.32 Å². The zero-order chi connectivity index (χ0) is 12.8. The summed E-state index contributed by atoms with van der Waals surface area (Å²) in [6, 6.07) is 4.27.